The van der Waals surface area contributed by atoms with E-state index in [-0.39, 0.29) is 17.2 Å². The van der Waals surface area contributed by atoms with Crippen LogP contribution in [0.2, 0.25) is 5.02 Å². The fraction of sp³-hybridized carbons (Fsp3) is 0.379. The molecule has 0 radical (unpaired) electrons. The molecule has 2 aliphatic heterocycles. The van der Waals surface area contributed by atoms with Gasteiger partial charge >= 0.3 is 6.55 Å². The monoisotopic (exact) mass is 629 g/mol. The Kier molecular flexibility index (Phi) is 8.34. The molecule has 10 nitrogen and oxygen atoms in total. The molecule has 0 aliphatic carbocycles. The van der Waals surface area contributed by atoms with Gasteiger partial charge in [-0.25, -0.2) is 23.1 Å². The van der Waals surface area contributed by atoms with E-state index in [9.17, 15) is 22.4 Å². The highest BCUT2D eigenvalue weighted by atomic mass is 35.5. The van der Waals surface area contributed by atoms with E-state index in [1.807, 2.05) is 0 Å². The number of rotatable bonds is 5. The predicted octanol–water partition coefficient (Wildman–Crippen LogP) is 6.59. The third kappa shape index (κ3) is 5.90. The fourth-order valence-electron chi connectivity index (χ4n) is 5.74. The first kappa shape index (κ1) is 29.7. The van der Waals surface area contributed by atoms with Crippen LogP contribution in [0.15, 0.2) is 65.0 Å². The van der Waals surface area contributed by atoms with Gasteiger partial charge in [0.15, 0.2) is 0 Å². The minimum Gasteiger partial charge on any atom is -0.382 e. The molecular formula is C29H28ClF4N9O. The van der Waals surface area contributed by atoms with E-state index in [0.717, 1.165) is 23.7 Å². The first-order valence-electron chi connectivity index (χ1n) is 14.1. The number of hydrogen-bond acceptors (Lipinski definition) is 7. The summed E-state index contributed by atoms with van der Waals surface area (Å²) in [5, 5.41) is 14.9. The van der Waals surface area contributed by atoms with Gasteiger partial charge in [0.2, 0.25) is 0 Å². The lowest BCUT2D eigenvalue weighted by Crippen LogP contribution is -2.32. The number of nitrogens with zero attached hydrogens (tertiary/aromatic N) is 8. The van der Waals surface area contributed by atoms with Crippen LogP contribution in [0.5, 0.6) is 0 Å². The Morgan fingerprint density at radius 2 is 1.98 bits per heavy atom. The van der Waals surface area contributed by atoms with Crippen LogP contribution in [0.3, 0.4) is 0 Å². The first-order chi connectivity index (χ1) is 21.2. The number of aliphatic imine (C=N–C) groups is 1. The van der Waals surface area contributed by atoms with Gasteiger partial charge in [0.25, 0.3) is 12.0 Å². The molecule has 4 aromatic rings. The van der Waals surface area contributed by atoms with Crippen molar-refractivity contribution in [1.29, 1.82) is 0 Å². The van der Waals surface area contributed by atoms with Gasteiger partial charge in [-0.3, -0.25) is 14.4 Å². The van der Waals surface area contributed by atoms with Gasteiger partial charge in [-0.05, 0) is 43.4 Å². The van der Waals surface area contributed by atoms with Crippen LogP contribution >= 0.6 is 11.6 Å². The summed E-state index contributed by atoms with van der Waals surface area (Å²) in [6, 6.07) is 5.61. The van der Waals surface area contributed by atoms with E-state index in [1.165, 1.54) is 27.8 Å². The standard InChI is InChI=1S/C29H28ClF4N9O/c1-16-3-2-4-25(21-9-17(7-8-35-21)27-22(36-12-16)13-38-43(27)29(33)34)41-15-37-20(11-26(41)44)19-10-18(30)5-6-24(19)42-14-23(28(31)32)39-40-42/h5-8,10-11,13-17,25,28-29,36H,2-4,9,12H2,1H3/t16-,17?,25+/m1/s1. The number of fused-ring (bicyclic) bond motifs is 4. The summed E-state index contributed by atoms with van der Waals surface area (Å²) in [4.78, 5) is 22.9. The third-order valence-electron chi connectivity index (χ3n) is 7.95. The van der Waals surface area contributed by atoms with Crippen molar-refractivity contribution >= 4 is 23.0 Å². The van der Waals surface area contributed by atoms with E-state index in [4.69, 9.17) is 11.6 Å². The normalized spacial score (nSPS) is 20.5. The van der Waals surface area contributed by atoms with Crippen molar-refractivity contribution in [3.05, 3.63) is 82.0 Å². The number of nitrogens with one attached hydrogen (secondary N) is 1. The van der Waals surface area contributed by atoms with E-state index >= 15 is 0 Å². The Morgan fingerprint density at radius 1 is 1.14 bits per heavy atom. The number of benzene rings is 1. The molecule has 2 aliphatic rings. The zero-order valence-corrected chi connectivity index (χ0v) is 24.3. The highest BCUT2D eigenvalue weighted by Gasteiger charge is 2.30. The quantitative estimate of drug-likeness (QED) is 0.250. The molecule has 0 fully saturated rings. The number of allylic oxidation sites excluding steroid dienone is 1. The van der Waals surface area contributed by atoms with Crippen LogP contribution < -0.4 is 10.9 Å². The Hall–Kier alpha value is -4.33. The van der Waals surface area contributed by atoms with E-state index in [2.05, 4.69) is 37.6 Å². The number of anilines is 1. The lowest BCUT2D eigenvalue weighted by Gasteiger charge is -2.28. The SMILES string of the molecule is C[C@@H]1CCC[C@H](n2cnc(-c3cc(Cl)ccc3-n3cc(C(F)F)nn3)cc2=O)C2=NC=CC(C2)c2c(cnn2C(F)F)NC1. The Bertz CT molecular complexity index is 1780. The van der Waals surface area contributed by atoms with Crippen LogP contribution in [0.25, 0.3) is 16.9 Å². The average Bonchev–Trinajstić information content (AvgIpc) is 3.66. The molecule has 0 saturated heterocycles. The van der Waals surface area contributed by atoms with E-state index in [0.29, 0.717) is 52.8 Å². The molecular weight excluding hydrogens is 602 g/mol. The summed E-state index contributed by atoms with van der Waals surface area (Å²) in [5.41, 5.74) is 1.76. The Morgan fingerprint density at radius 3 is 2.73 bits per heavy atom. The second-order valence-electron chi connectivity index (χ2n) is 10.9. The zero-order chi connectivity index (χ0) is 31.0. The molecule has 0 saturated carbocycles. The highest BCUT2D eigenvalue weighted by molar-refractivity contribution is 6.31. The first-order valence-corrected chi connectivity index (χ1v) is 14.5. The third-order valence-corrected chi connectivity index (χ3v) is 8.18. The summed E-state index contributed by atoms with van der Waals surface area (Å²) in [6.07, 6.45) is 7.05. The van der Waals surface area contributed by atoms with Gasteiger partial charge < -0.3 is 5.32 Å². The van der Waals surface area contributed by atoms with Crippen LogP contribution in [0, 0.1) is 5.92 Å². The minimum atomic E-state index is -2.81. The predicted molar refractivity (Wildman–Crippen MR) is 157 cm³/mol. The van der Waals surface area contributed by atoms with Crippen molar-refractivity contribution in [3.63, 3.8) is 0 Å². The van der Waals surface area contributed by atoms with E-state index < -0.39 is 30.6 Å². The average molecular weight is 630 g/mol. The second-order valence-corrected chi connectivity index (χ2v) is 11.4. The van der Waals surface area contributed by atoms with Crippen molar-refractivity contribution in [1.82, 2.24) is 34.3 Å². The fourth-order valence-corrected chi connectivity index (χ4v) is 5.92. The Labute approximate surface area is 254 Å². The molecule has 15 heteroatoms. The topological polar surface area (TPSA) is 108 Å². The lowest BCUT2D eigenvalue weighted by atomic mass is 9.89. The molecule has 1 aromatic carbocycles. The van der Waals surface area contributed by atoms with Crippen LogP contribution in [0.1, 0.15) is 68.9 Å². The second kappa shape index (κ2) is 12.3. The maximum Gasteiger partial charge on any atom is 0.333 e. The molecule has 2 bridgehead atoms. The number of halogens is 5. The summed E-state index contributed by atoms with van der Waals surface area (Å²) < 4.78 is 57.7. The van der Waals surface area contributed by atoms with E-state index in [1.54, 1.807) is 30.5 Å². The molecule has 1 N–H and O–H groups in total. The van der Waals surface area contributed by atoms with Gasteiger partial charge in [-0.15, -0.1) is 5.10 Å². The Balaban J connectivity index is 1.37. The summed E-state index contributed by atoms with van der Waals surface area (Å²) >= 11 is 6.26. The summed E-state index contributed by atoms with van der Waals surface area (Å²) in [6.45, 7) is -0.145. The highest BCUT2D eigenvalue weighted by Crippen LogP contribution is 2.37. The van der Waals surface area contributed by atoms with Gasteiger partial charge in [0, 0.05) is 41.0 Å². The molecule has 6 rings (SSSR count). The maximum atomic E-state index is 13.9. The van der Waals surface area contributed by atoms with Crippen molar-refractivity contribution in [3.8, 4) is 16.9 Å². The zero-order valence-electron chi connectivity index (χ0n) is 23.5. The van der Waals surface area contributed by atoms with Gasteiger partial charge in [-0.1, -0.05) is 36.2 Å². The van der Waals surface area contributed by atoms with Gasteiger partial charge in [-0.2, -0.15) is 13.9 Å². The van der Waals surface area contributed by atoms with Crippen molar-refractivity contribution in [2.45, 2.75) is 57.5 Å². The molecule has 230 valence electrons. The largest absolute Gasteiger partial charge is 0.382 e. The molecule has 5 heterocycles. The number of aromatic nitrogens is 7. The molecule has 0 amide bonds. The van der Waals surface area contributed by atoms with Crippen molar-refractivity contribution in [2.75, 3.05) is 11.9 Å². The van der Waals surface area contributed by atoms with Crippen LogP contribution in [0.4, 0.5) is 23.2 Å². The van der Waals surface area contributed by atoms with Crippen molar-refractivity contribution in [2.24, 2.45) is 10.9 Å². The van der Waals surface area contributed by atoms with Crippen LogP contribution in [-0.2, 0) is 0 Å². The minimum absolute atomic E-state index is 0.232. The molecule has 44 heavy (non-hydrogen) atoms. The van der Waals surface area contributed by atoms with Gasteiger partial charge in [0.1, 0.15) is 5.69 Å². The van der Waals surface area contributed by atoms with Gasteiger partial charge in [0.05, 0.1) is 47.5 Å². The molecule has 1 unspecified atom stereocenters. The molecule has 0 spiro atoms. The lowest BCUT2D eigenvalue weighted by molar-refractivity contribution is 0.0529. The van der Waals surface area contributed by atoms with Crippen LogP contribution in [-0.4, -0.2) is 46.6 Å². The van der Waals surface area contributed by atoms with Crippen molar-refractivity contribution < 1.29 is 17.6 Å². The summed E-state index contributed by atoms with van der Waals surface area (Å²) in [5.74, 6) is -0.201. The number of alkyl halides is 4. The smallest absolute Gasteiger partial charge is 0.333 e. The molecule has 3 atom stereocenters. The summed E-state index contributed by atoms with van der Waals surface area (Å²) in [7, 11) is 0. The molecule has 3 aromatic heterocycles. The number of hydrogen-bond donors (Lipinski definition) is 1. The maximum absolute atomic E-state index is 13.9.